The lowest BCUT2D eigenvalue weighted by Crippen LogP contribution is -2.26. The molecule has 2 rings (SSSR count). The number of nitrogens with one attached hydrogen (secondary N) is 2. The molecule has 0 radical (unpaired) electrons. The first kappa shape index (κ1) is 21.2. The second-order valence-corrected chi connectivity index (χ2v) is 6.24. The van der Waals surface area contributed by atoms with E-state index in [1.165, 1.54) is 6.08 Å². The van der Waals surface area contributed by atoms with Gasteiger partial charge in [-0.25, -0.2) is 0 Å². The van der Waals surface area contributed by atoms with Crippen molar-refractivity contribution >= 4 is 35.2 Å². The van der Waals surface area contributed by atoms with Crippen LogP contribution in [0.3, 0.4) is 0 Å². The van der Waals surface area contributed by atoms with Crippen LogP contribution in [0.4, 0.5) is 5.69 Å². The van der Waals surface area contributed by atoms with E-state index in [9.17, 15) is 14.9 Å². The number of anilines is 1. The molecule has 28 heavy (non-hydrogen) atoms. The Bertz CT molecular complexity index is 919. The zero-order valence-electron chi connectivity index (χ0n) is 15.4. The third kappa shape index (κ3) is 6.23. The number of hydrogen-bond acceptors (Lipinski definition) is 4. The highest BCUT2D eigenvalue weighted by Gasteiger charge is 2.11. The van der Waals surface area contributed by atoms with Crippen LogP contribution in [0.25, 0.3) is 6.08 Å². The Hall–Kier alpha value is -3.14. The third-order valence-corrected chi connectivity index (χ3v) is 4.08. The van der Waals surface area contributed by atoms with E-state index < -0.39 is 5.91 Å². The number of benzene rings is 2. The number of carbonyl (C=O) groups is 2. The van der Waals surface area contributed by atoms with Crippen LogP contribution in [-0.2, 0) is 9.53 Å². The molecule has 0 spiro atoms. The van der Waals surface area contributed by atoms with Gasteiger partial charge in [0.2, 0.25) is 0 Å². The zero-order valence-corrected chi connectivity index (χ0v) is 16.1. The maximum absolute atomic E-state index is 12.4. The molecule has 0 aliphatic heterocycles. The molecule has 0 saturated heterocycles. The van der Waals surface area contributed by atoms with E-state index in [2.05, 4.69) is 10.6 Å². The number of methoxy groups -OCH3 is 1. The molecule has 0 aliphatic carbocycles. The molecule has 2 amide bonds. The molecule has 0 bridgehead atoms. The first-order chi connectivity index (χ1) is 13.5. The fourth-order valence-corrected chi connectivity index (χ4v) is 2.60. The molecule has 0 aromatic heterocycles. The Morgan fingerprint density at radius 3 is 2.71 bits per heavy atom. The molecule has 2 aromatic carbocycles. The van der Waals surface area contributed by atoms with Crippen molar-refractivity contribution in [3.05, 3.63) is 70.3 Å². The monoisotopic (exact) mass is 397 g/mol. The van der Waals surface area contributed by atoms with Crippen LogP contribution in [0.15, 0.2) is 54.1 Å². The van der Waals surface area contributed by atoms with Gasteiger partial charge in [-0.1, -0.05) is 35.9 Å². The van der Waals surface area contributed by atoms with E-state index in [1.54, 1.807) is 55.6 Å². The van der Waals surface area contributed by atoms with Gasteiger partial charge >= 0.3 is 0 Å². The molecule has 0 atom stereocenters. The summed E-state index contributed by atoms with van der Waals surface area (Å²) in [6.45, 7) is 0.943. The molecule has 2 aromatic rings. The maximum atomic E-state index is 12.4. The highest BCUT2D eigenvalue weighted by atomic mass is 35.5. The standard InChI is InChI=1S/C21H20ClN3O3/c1-28-11-5-10-24-20(26)16(14-23)12-15-6-4-7-17(13-15)25-21(27)18-8-2-3-9-19(18)22/h2-4,6-9,12-13H,5,10-11H2,1H3,(H,24,26)(H,25,27)/b16-12+. The summed E-state index contributed by atoms with van der Waals surface area (Å²) in [7, 11) is 1.58. The lowest BCUT2D eigenvalue weighted by Gasteiger charge is -2.08. The molecule has 7 heteroatoms. The first-order valence-electron chi connectivity index (χ1n) is 8.60. The highest BCUT2D eigenvalue weighted by Crippen LogP contribution is 2.19. The third-order valence-electron chi connectivity index (χ3n) is 3.75. The van der Waals surface area contributed by atoms with Crippen molar-refractivity contribution in [3.8, 4) is 6.07 Å². The molecule has 6 nitrogen and oxygen atoms in total. The van der Waals surface area contributed by atoms with Crippen LogP contribution in [0.1, 0.15) is 22.3 Å². The minimum Gasteiger partial charge on any atom is -0.385 e. The second kappa shape index (κ2) is 10.9. The average molecular weight is 398 g/mol. The van der Waals surface area contributed by atoms with Crippen LogP contribution < -0.4 is 10.6 Å². The molecule has 0 aliphatic rings. The SMILES string of the molecule is COCCCNC(=O)/C(C#N)=C/c1cccc(NC(=O)c2ccccc2Cl)c1. The van der Waals surface area contributed by atoms with E-state index in [-0.39, 0.29) is 11.5 Å². The van der Waals surface area contributed by atoms with Crippen LogP contribution >= 0.6 is 11.6 Å². The van der Waals surface area contributed by atoms with Gasteiger partial charge in [0.05, 0.1) is 10.6 Å². The van der Waals surface area contributed by atoms with E-state index in [0.717, 1.165) is 0 Å². The van der Waals surface area contributed by atoms with Crippen LogP contribution in [0.2, 0.25) is 5.02 Å². The first-order valence-corrected chi connectivity index (χ1v) is 8.98. The fraction of sp³-hybridized carbons (Fsp3) is 0.190. The minimum absolute atomic E-state index is 0.0213. The number of rotatable bonds is 8. The summed E-state index contributed by atoms with van der Waals surface area (Å²) in [6, 6.07) is 15.5. The molecular formula is C21H20ClN3O3. The zero-order chi connectivity index (χ0) is 20.4. The van der Waals surface area contributed by atoms with Crippen LogP contribution in [-0.4, -0.2) is 32.1 Å². The van der Waals surface area contributed by atoms with Crippen molar-refractivity contribution in [1.29, 1.82) is 5.26 Å². The lowest BCUT2D eigenvalue weighted by atomic mass is 10.1. The molecule has 0 unspecified atom stereocenters. The van der Waals surface area contributed by atoms with Crippen LogP contribution in [0.5, 0.6) is 0 Å². The van der Waals surface area contributed by atoms with Crippen molar-refractivity contribution in [2.75, 3.05) is 25.6 Å². The van der Waals surface area contributed by atoms with Gasteiger partial charge in [0, 0.05) is 25.9 Å². The lowest BCUT2D eigenvalue weighted by molar-refractivity contribution is -0.117. The molecule has 0 fully saturated rings. The normalized spacial score (nSPS) is 10.8. The highest BCUT2D eigenvalue weighted by molar-refractivity contribution is 6.34. The second-order valence-electron chi connectivity index (χ2n) is 5.83. The Balaban J connectivity index is 2.10. The van der Waals surface area contributed by atoms with E-state index in [0.29, 0.717) is 41.4 Å². The number of amides is 2. The van der Waals surface area contributed by atoms with Gasteiger partial charge in [0.1, 0.15) is 11.6 Å². The summed E-state index contributed by atoms with van der Waals surface area (Å²) in [5, 5.41) is 15.0. The van der Waals surface area contributed by atoms with Gasteiger partial charge in [-0.15, -0.1) is 0 Å². The summed E-state index contributed by atoms with van der Waals surface area (Å²) in [5.74, 6) is -0.799. The van der Waals surface area contributed by atoms with E-state index in [1.807, 2.05) is 6.07 Å². The topological polar surface area (TPSA) is 91.2 Å². The quantitative estimate of drug-likeness (QED) is 0.404. The largest absolute Gasteiger partial charge is 0.385 e. The summed E-state index contributed by atoms with van der Waals surface area (Å²) in [6.07, 6.45) is 2.13. The number of nitriles is 1. The van der Waals surface area contributed by atoms with Crippen molar-refractivity contribution < 1.29 is 14.3 Å². The van der Waals surface area contributed by atoms with Gasteiger partial charge in [-0.3, -0.25) is 9.59 Å². The number of ether oxygens (including phenoxy) is 1. The molecule has 0 saturated carbocycles. The van der Waals surface area contributed by atoms with Gasteiger partial charge in [0.15, 0.2) is 0 Å². The number of nitrogens with zero attached hydrogens (tertiary/aromatic N) is 1. The van der Waals surface area contributed by atoms with Crippen molar-refractivity contribution in [1.82, 2.24) is 5.32 Å². The van der Waals surface area contributed by atoms with E-state index >= 15 is 0 Å². The molecular weight excluding hydrogens is 378 g/mol. The van der Waals surface area contributed by atoms with E-state index in [4.69, 9.17) is 16.3 Å². The number of hydrogen-bond donors (Lipinski definition) is 2. The summed E-state index contributed by atoms with van der Waals surface area (Å²) in [5.41, 5.74) is 1.47. The predicted molar refractivity (Wildman–Crippen MR) is 109 cm³/mol. The van der Waals surface area contributed by atoms with Crippen molar-refractivity contribution in [3.63, 3.8) is 0 Å². The van der Waals surface area contributed by atoms with Gasteiger partial charge < -0.3 is 15.4 Å². The Morgan fingerprint density at radius 2 is 2.00 bits per heavy atom. The summed E-state index contributed by atoms with van der Waals surface area (Å²) < 4.78 is 4.92. The predicted octanol–water partition coefficient (Wildman–Crippen LogP) is 3.65. The van der Waals surface area contributed by atoms with Gasteiger partial charge in [0.25, 0.3) is 11.8 Å². The molecule has 144 valence electrons. The average Bonchev–Trinajstić information content (AvgIpc) is 2.69. The van der Waals surface area contributed by atoms with Crippen LogP contribution in [0, 0.1) is 11.3 Å². The van der Waals surface area contributed by atoms with Crippen molar-refractivity contribution in [2.45, 2.75) is 6.42 Å². The maximum Gasteiger partial charge on any atom is 0.261 e. The van der Waals surface area contributed by atoms with Gasteiger partial charge in [-0.05, 0) is 42.3 Å². The Morgan fingerprint density at radius 1 is 1.21 bits per heavy atom. The summed E-state index contributed by atoms with van der Waals surface area (Å²) in [4.78, 5) is 24.5. The Kier molecular flexibility index (Phi) is 8.22. The fourth-order valence-electron chi connectivity index (χ4n) is 2.38. The molecule has 0 heterocycles. The minimum atomic E-state index is -0.455. The smallest absolute Gasteiger partial charge is 0.261 e. The molecule has 2 N–H and O–H groups in total. The Labute approximate surface area is 168 Å². The van der Waals surface area contributed by atoms with Crippen molar-refractivity contribution in [2.24, 2.45) is 0 Å². The number of carbonyl (C=O) groups excluding carboxylic acids is 2. The number of halogens is 1. The summed E-state index contributed by atoms with van der Waals surface area (Å²) >= 11 is 6.04. The van der Waals surface area contributed by atoms with Gasteiger partial charge in [-0.2, -0.15) is 5.26 Å².